The Morgan fingerprint density at radius 3 is 2.10 bits per heavy atom. The van der Waals surface area contributed by atoms with Gasteiger partial charge in [0.25, 0.3) is 0 Å². The Hall–Kier alpha value is -3.45. The molecular formula is C30H27N. The van der Waals surface area contributed by atoms with Crippen molar-refractivity contribution in [3.63, 3.8) is 0 Å². The van der Waals surface area contributed by atoms with E-state index >= 15 is 0 Å². The molecule has 5 rings (SSSR count). The number of hydrogen-bond acceptors (Lipinski definition) is 1. The van der Waals surface area contributed by atoms with Gasteiger partial charge in [0.05, 0.1) is 5.69 Å². The summed E-state index contributed by atoms with van der Waals surface area (Å²) in [4.78, 5) is 4.53. The lowest BCUT2D eigenvalue weighted by molar-refractivity contribution is 0.411. The highest BCUT2D eigenvalue weighted by Crippen LogP contribution is 2.35. The first-order valence-corrected chi connectivity index (χ1v) is 10.7. The molecule has 0 unspecified atom stereocenters. The van der Waals surface area contributed by atoms with Gasteiger partial charge in [0, 0.05) is 14.5 Å². The molecule has 0 saturated heterocycles. The number of pyridine rings is 1. The summed E-state index contributed by atoms with van der Waals surface area (Å²) in [5.74, 6) is 0. The van der Waals surface area contributed by atoms with Gasteiger partial charge in [-0.05, 0) is 68.2 Å². The Morgan fingerprint density at radius 1 is 0.710 bits per heavy atom. The van der Waals surface area contributed by atoms with Crippen LogP contribution in [0, 0.1) is 5.41 Å². The van der Waals surface area contributed by atoms with E-state index in [0.29, 0.717) is 5.56 Å². The third kappa shape index (κ3) is 3.96. The van der Waals surface area contributed by atoms with Gasteiger partial charge in [0.1, 0.15) is 0 Å². The van der Waals surface area contributed by atoms with Crippen molar-refractivity contribution in [1.82, 2.24) is 4.98 Å². The molecule has 0 N–H and O–H groups in total. The highest BCUT2D eigenvalue weighted by molar-refractivity contribution is 6.13. The first kappa shape index (κ1) is 17.3. The molecule has 1 aromatic heterocycles. The monoisotopic (exact) mass is 403 g/mol. The van der Waals surface area contributed by atoms with Crippen LogP contribution in [0.2, 0.25) is 0 Å². The number of rotatable bonds is 3. The van der Waals surface area contributed by atoms with Crippen molar-refractivity contribution in [3.05, 3.63) is 103 Å². The molecular weight excluding hydrogens is 374 g/mol. The van der Waals surface area contributed by atoms with Crippen molar-refractivity contribution in [3.8, 4) is 22.4 Å². The predicted molar refractivity (Wildman–Crippen MR) is 133 cm³/mol. The second-order valence-electron chi connectivity index (χ2n) is 9.07. The molecule has 5 aromatic rings. The van der Waals surface area contributed by atoms with Gasteiger partial charge in [-0.25, -0.2) is 0 Å². The zero-order chi connectivity index (χ0) is 23.2. The van der Waals surface area contributed by atoms with Crippen LogP contribution in [0.4, 0.5) is 0 Å². The van der Waals surface area contributed by atoms with E-state index in [-0.39, 0.29) is 0 Å². The summed E-state index contributed by atoms with van der Waals surface area (Å²) in [6.07, 6.45) is 0.258. The highest BCUT2D eigenvalue weighted by Gasteiger charge is 2.13. The van der Waals surface area contributed by atoms with Gasteiger partial charge in [-0.2, -0.15) is 0 Å². The van der Waals surface area contributed by atoms with Crippen LogP contribution in [-0.2, 0) is 6.37 Å². The minimum absolute atomic E-state index is 0.507. The normalized spacial score (nSPS) is 13.3. The zero-order valence-corrected chi connectivity index (χ0v) is 18.2. The van der Waals surface area contributed by atoms with E-state index < -0.39 is 11.8 Å². The number of fused-ring (bicyclic) bond motifs is 3. The Bertz CT molecular complexity index is 1460. The van der Waals surface area contributed by atoms with Gasteiger partial charge in [0.2, 0.25) is 0 Å². The first-order valence-electron chi connectivity index (χ1n) is 11.7. The summed E-state index contributed by atoms with van der Waals surface area (Å²) in [5.41, 5.74) is 4.28. The van der Waals surface area contributed by atoms with Crippen LogP contribution in [0.5, 0.6) is 0 Å². The van der Waals surface area contributed by atoms with Crippen molar-refractivity contribution in [2.75, 3.05) is 0 Å². The zero-order valence-electron chi connectivity index (χ0n) is 20.2. The molecule has 0 fully saturated rings. The third-order valence-corrected chi connectivity index (χ3v) is 5.54. The molecule has 1 heteroatoms. The fraction of sp³-hybridized carbons (Fsp3) is 0.167. The quantitative estimate of drug-likeness (QED) is 0.276. The first-order chi connectivity index (χ1) is 15.8. The van der Waals surface area contributed by atoms with E-state index in [1.165, 1.54) is 27.1 Å². The molecule has 0 atom stereocenters. The van der Waals surface area contributed by atoms with Crippen LogP contribution < -0.4 is 0 Å². The van der Waals surface area contributed by atoms with Gasteiger partial charge in [-0.1, -0.05) is 93.6 Å². The van der Waals surface area contributed by atoms with Crippen molar-refractivity contribution >= 4 is 21.5 Å². The second kappa shape index (κ2) is 7.67. The van der Waals surface area contributed by atoms with E-state index in [9.17, 15) is 0 Å². The lowest BCUT2D eigenvalue weighted by Crippen LogP contribution is -2.09. The van der Waals surface area contributed by atoms with Crippen molar-refractivity contribution in [2.24, 2.45) is 5.41 Å². The Morgan fingerprint density at radius 2 is 1.35 bits per heavy atom. The molecule has 0 aliphatic carbocycles. The minimum atomic E-state index is -1.45. The van der Waals surface area contributed by atoms with Crippen LogP contribution in [-0.4, -0.2) is 4.98 Å². The maximum Gasteiger partial charge on any atom is 0.0704 e. The maximum atomic E-state index is 8.61. The van der Waals surface area contributed by atoms with Crippen LogP contribution in [0.1, 0.15) is 29.1 Å². The molecule has 0 aliphatic rings. The van der Waals surface area contributed by atoms with E-state index in [4.69, 9.17) is 2.74 Å². The maximum absolute atomic E-state index is 8.61. The van der Waals surface area contributed by atoms with Gasteiger partial charge in [-0.3, -0.25) is 4.98 Å². The fourth-order valence-corrected chi connectivity index (χ4v) is 4.21. The summed E-state index contributed by atoms with van der Waals surface area (Å²) in [7, 11) is 0. The van der Waals surface area contributed by atoms with Crippen LogP contribution in [0.3, 0.4) is 0 Å². The van der Waals surface area contributed by atoms with Crippen LogP contribution in [0.15, 0.2) is 97.2 Å². The molecule has 1 heterocycles. The lowest BCUT2D eigenvalue weighted by atomic mass is 9.88. The largest absolute Gasteiger partial charge is 0.256 e. The average molecular weight is 404 g/mol. The van der Waals surface area contributed by atoms with Gasteiger partial charge >= 0.3 is 0 Å². The SMILES string of the molecule is [2H]C([2H])(c1ccnc(-c2ccc(-c3cc4ccccc4c4ccccc34)cc2)c1)C(C)(C)C. The number of hydrogen-bond donors (Lipinski definition) is 0. The molecule has 4 aromatic carbocycles. The van der Waals surface area contributed by atoms with Crippen molar-refractivity contribution in [2.45, 2.75) is 27.1 Å². The molecule has 0 aliphatic heterocycles. The van der Waals surface area contributed by atoms with Gasteiger partial charge in [-0.15, -0.1) is 0 Å². The van der Waals surface area contributed by atoms with Gasteiger partial charge < -0.3 is 0 Å². The van der Waals surface area contributed by atoms with Crippen LogP contribution >= 0.6 is 0 Å². The fourth-order valence-electron chi connectivity index (χ4n) is 4.21. The standard InChI is InChI=1S/C30H27N/c1-30(2,3)20-21-16-17-31-29(18-21)23-14-12-22(13-15-23)28-19-24-8-4-5-9-25(24)26-10-6-7-11-27(26)28/h4-19H,20H2,1-3H3/i20D2. The lowest BCUT2D eigenvalue weighted by Gasteiger charge is -2.18. The predicted octanol–water partition coefficient (Wildman–Crippen LogP) is 8.31. The average Bonchev–Trinajstić information content (AvgIpc) is 2.83. The molecule has 31 heavy (non-hydrogen) atoms. The van der Waals surface area contributed by atoms with Crippen LogP contribution in [0.25, 0.3) is 43.9 Å². The van der Waals surface area contributed by atoms with E-state index in [2.05, 4.69) is 83.8 Å². The number of nitrogens with zero attached hydrogens (tertiary/aromatic N) is 1. The molecule has 0 saturated carbocycles. The molecule has 0 spiro atoms. The Labute approximate surface area is 187 Å². The third-order valence-electron chi connectivity index (χ3n) is 5.54. The number of aromatic nitrogens is 1. The van der Waals surface area contributed by atoms with E-state index in [0.717, 1.165) is 16.8 Å². The van der Waals surface area contributed by atoms with E-state index in [1.807, 2.05) is 26.8 Å². The molecule has 152 valence electrons. The molecule has 0 amide bonds. The highest BCUT2D eigenvalue weighted by atomic mass is 14.7. The second-order valence-corrected chi connectivity index (χ2v) is 9.07. The summed E-state index contributed by atoms with van der Waals surface area (Å²) in [6.45, 7) is 5.78. The van der Waals surface area contributed by atoms with Crippen molar-refractivity contribution < 1.29 is 2.74 Å². The summed E-state index contributed by atoms with van der Waals surface area (Å²) < 4.78 is 17.2. The minimum Gasteiger partial charge on any atom is -0.256 e. The smallest absolute Gasteiger partial charge is 0.0704 e. The van der Waals surface area contributed by atoms with E-state index in [1.54, 1.807) is 12.3 Å². The summed E-state index contributed by atoms with van der Waals surface area (Å²) in [6, 6.07) is 31.4. The topological polar surface area (TPSA) is 12.9 Å². The molecule has 0 radical (unpaired) electrons. The number of benzene rings is 4. The summed E-state index contributed by atoms with van der Waals surface area (Å²) in [5, 5.41) is 4.99. The summed E-state index contributed by atoms with van der Waals surface area (Å²) >= 11 is 0. The Kier molecular flexibility index (Phi) is 4.27. The van der Waals surface area contributed by atoms with Gasteiger partial charge in [0.15, 0.2) is 0 Å². The molecule has 1 nitrogen and oxygen atoms in total. The van der Waals surface area contributed by atoms with Crippen molar-refractivity contribution in [1.29, 1.82) is 0 Å². The Balaban J connectivity index is 1.58. The molecule has 0 bridgehead atoms.